The Hall–Kier alpha value is -3.19. The molecule has 144 valence electrons. The van der Waals surface area contributed by atoms with Gasteiger partial charge >= 0.3 is 0 Å². The van der Waals surface area contributed by atoms with E-state index in [0.29, 0.717) is 12.2 Å². The number of carbonyl (C=O) groups excluding carboxylic acids is 1. The van der Waals surface area contributed by atoms with Crippen molar-refractivity contribution in [2.75, 3.05) is 11.9 Å². The average Bonchev–Trinajstić information content (AvgIpc) is 3.35. The fraction of sp³-hybridized carbons (Fsp3) is 0.286. The van der Waals surface area contributed by atoms with E-state index in [9.17, 15) is 9.59 Å². The maximum absolute atomic E-state index is 12.8. The van der Waals surface area contributed by atoms with Crippen LogP contribution in [0.25, 0.3) is 0 Å². The van der Waals surface area contributed by atoms with Gasteiger partial charge in [-0.25, -0.2) is 0 Å². The highest BCUT2D eigenvalue weighted by Gasteiger charge is 2.22. The second-order valence-electron chi connectivity index (χ2n) is 7.02. The standard InChI is InChI=1S/C21H23N5O2/c1-25-19(13-18(24-25)16-9-5-11-22-16)20(27)23-17-10-6-12-26(21(17)28)14-15-7-3-2-4-8-15/h2-4,6-8,10,12-13,16,22H,5,9,11,14H2,1H3,(H,23,27). The summed E-state index contributed by atoms with van der Waals surface area (Å²) in [7, 11) is 1.74. The minimum absolute atomic E-state index is 0.188. The molecule has 0 saturated carbocycles. The molecule has 1 aliphatic heterocycles. The molecule has 7 heteroatoms. The molecule has 2 N–H and O–H groups in total. The predicted molar refractivity (Wildman–Crippen MR) is 107 cm³/mol. The third kappa shape index (κ3) is 3.75. The first kappa shape index (κ1) is 18.2. The Balaban J connectivity index is 1.53. The largest absolute Gasteiger partial charge is 0.316 e. The van der Waals surface area contributed by atoms with E-state index in [-0.39, 0.29) is 23.2 Å². The summed E-state index contributed by atoms with van der Waals surface area (Å²) in [6.07, 6.45) is 3.84. The molecule has 2 aromatic heterocycles. The molecule has 0 spiro atoms. The Kier molecular flexibility index (Phi) is 5.08. The van der Waals surface area contributed by atoms with E-state index in [0.717, 1.165) is 30.6 Å². The Morgan fingerprint density at radius 1 is 1.25 bits per heavy atom. The van der Waals surface area contributed by atoms with Crippen LogP contribution in [0.1, 0.15) is 40.6 Å². The van der Waals surface area contributed by atoms with E-state index in [1.807, 2.05) is 30.3 Å². The van der Waals surface area contributed by atoms with Gasteiger partial charge in [-0.15, -0.1) is 0 Å². The molecule has 3 aromatic rings. The summed E-state index contributed by atoms with van der Waals surface area (Å²) in [5, 5.41) is 10.6. The normalized spacial score (nSPS) is 16.2. The molecule has 4 rings (SSSR count). The zero-order valence-electron chi connectivity index (χ0n) is 15.8. The minimum atomic E-state index is -0.339. The zero-order valence-corrected chi connectivity index (χ0v) is 15.8. The molecule has 1 atom stereocenters. The van der Waals surface area contributed by atoms with Crippen molar-refractivity contribution in [3.05, 3.63) is 82.0 Å². The van der Waals surface area contributed by atoms with Gasteiger partial charge in [-0.1, -0.05) is 30.3 Å². The van der Waals surface area contributed by atoms with Crippen LogP contribution in [0.4, 0.5) is 5.69 Å². The highest BCUT2D eigenvalue weighted by Crippen LogP contribution is 2.22. The number of hydrogen-bond acceptors (Lipinski definition) is 4. The number of benzene rings is 1. The number of nitrogens with zero attached hydrogens (tertiary/aromatic N) is 3. The monoisotopic (exact) mass is 377 g/mol. The maximum Gasteiger partial charge on any atom is 0.274 e. The molecule has 1 amide bonds. The van der Waals surface area contributed by atoms with Gasteiger partial charge in [-0.05, 0) is 43.1 Å². The SMILES string of the molecule is Cn1nc(C2CCCN2)cc1C(=O)Nc1cccn(Cc2ccccc2)c1=O. The number of hydrogen-bond donors (Lipinski definition) is 2. The summed E-state index contributed by atoms with van der Waals surface area (Å²) in [5.41, 5.74) is 2.33. The van der Waals surface area contributed by atoms with Gasteiger partial charge < -0.3 is 15.2 Å². The first-order valence-corrected chi connectivity index (χ1v) is 9.44. The third-order valence-corrected chi connectivity index (χ3v) is 5.01. The summed E-state index contributed by atoms with van der Waals surface area (Å²) in [4.78, 5) is 25.5. The number of carbonyl (C=O) groups is 1. The van der Waals surface area contributed by atoms with Crippen LogP contribution < -0.4 is 16.2 Å². The highest BCUT2D eigenvalue weighted by atomic mass is 16.2. The molecule has 7 nitrogen and oxygen atoms in total. The van der Waals surface area contributed by atoms with Gasteiger partial charge in [0.05, 0.1) is 18.3 Å². The van der Waals surface area contributed by atoms with Crippen molar-refractivity contribution >= 4 is 11.6 Å². The van der Waals surface area contributed by atoms with Crippen LogP contribution in [-0.2, 0) is 13.6 Å². The predicted octanol–water partition coefficient (Wildman–Crippen LogP) is 2.31. The number of nitrogens with one attached hydrogen (secondary N) is 2. The Morgan fingerprint density at radius 3 is 2.82 bits per heavy atom. The molecule has 0 bridgehead atoms. The van der Waals surface area contributed by atoms with Gasteiger partial charge in [0, 0.05) is 13.2 Å². The summed E-state index contributed by atoms with van der Waals surface area (Å²) in [6, 6.07) is 15.1. The van der Waals surface area contributed by atoms with Crippen molar-refractivity contribution in [1.82, 2.24) is 19.7 Å². The minimum Gasteiger partial charge on any atom is -0.316 e. The molecule has 1 aliphatic rings. The molecule has 1 saturated heterocycles. The first-order valence-electron chi connectivity index (χ1n) is 9.44. The van der Waals surface area contributed by atoms with E-state index in [1.54, 1.807) is 40.7 Å². The smallest absolute Gasteiger partial charge is 0.274 e. The Morgan fingerprint density at radius 2 is 2.07 bits per heavy atom. The fourth-order valence-corrected chi connectivity index (χ4v) is 3.53. The van der Waals surface area contributed by atoms with Crippen molar-refractivity contribution in [3.8, 4) is 0 Å². The van der Waals surface area contributed by atoms with Crippen molar-refractivity contribution in [2.45, 2.75) is 25.4 Å². The maximum atomic E-state index is 12.8. The molecule has 3 heterocycles. The van der Waals surface area contributed by atoms with Gasteiger partial charge in [-0.3, -0.25) is 14.3 Å². The van der Waals surface area contributed by atoms with Gasteiger partial charge in [-0.2, -0.15) is 5.10 Å². The number of amides is 1. The lowest BCUT2D eigenvalue weighted by Gasteiger charge is -2.09. The summed E-state index contributed by atoms with van der Waals surface area (Å²) < 4.78 is 3.15. The fourth-order valence-electron chi connectivity index (χ4n) is 3.53. The van der Waals surface area contributed by atoms with Gasteiger partial charge in [0.1, 0.15) is 11.4 Å². The van der Waals surface area contributed by atoms with E-state index in [1.165, 1.54) is 0 Å². The number of aryl methyl sites for hydroxylation is 1. The first-order chi connectivity index (χ1) is 13.6. The van der Waals surface area contributed by atoms with E-state index in [4.69, 9.17) is 0 Å². The molecule has 0 radical (unpaired) electrons. The lowest BCUT2D eigenvalue weighted by Crippen LogP contribution is -2.26. The molecule has 0 aliphatic carbocycles. The van der Waals surface area contributed by atoms with Crippen molar-refractivity contribution in [2.24, 2.45) is 7.05 Å². The topological polar surface area (TPSA) is 81.0 Å². The Labute approximate surface area is 163 Å². The van der Waals surface area contributed by atoms with Crippen LogP contribution in [0.15, 0.2) is 59.5 Å². The Bertz CT molecular complexity index is 1030. The van der Waals surface area contributed by atoms with E-state index < -0.39 is 0 Å². The van der Waals surface area contributed by atoms with E-state index in [2.05, 4.69) is 15.7 Å². The van der Waals surface area contributed by atoms with Crippen LogP contribution in [-0.4, -0.2) is 26.8 Å². The second-order valence-corrected chi connectivity index (χ2v) is 7.02. The van der Waals surface area contributed by atoms with Gasteiger partial charge in [0.2, 0.25) is 0 Å². The quantitative estimate of drug-likeness (QED) is 0.715. The molecule has 1 aromatic carbocycles. The van der Waals surface area contributed by atoms with Gasteiger partial charge in [0.15, 0.2) is 0 Å². The molecular weight excluding hydrogens is 354 g/mol. The second kappa shape index (κ2) is 7.82. The lowest BCUT2D eigenvalue weighted by molar-refractivity contribution is 0.101. The van der Waals surface area contributed by atoms with E-state index >= 15 is 0 Å². The molecule has 1 unspecified atom stereocenters. The summed E-state index contributed by atoms with van der Waals surface area (Å²) in [6.45, 7) is 1.42. The number of anilines is 1. The number of aromatic nitrogens is 3. The summed E-state index contributed by atoms with van der Waals surface area (Å²) in [5.74, 6) is -0.339. The van der Waals surface area contributed by atoms with Crippen molar-refractivity contribution < 1.29 is 4.79 Å². The van der Waals surface area contributed by atoms with Crippen LogP contribution in [0.3, 0.4) is 0 Å². The molecule has 28 heavy (non-hydrogen) atoms. The van der Waals surface area contributed by atoms with Gasteiger partial charge in [0.25, 0.3) is 11.5 Å². The molecule has 1 fully saturated rings. The molecular formula is C21H23N5O2. The lowest BCUT2D eigenvalue weighted by atomic mass is 10.1. The van der Waals surface area contributed by atoms with Crippen LogP contribution in [0.5, 0.6) is 0 Å². The zero-order chi connectivity index (χ0) is 19.5. The van der Waals surface area contributed by atoms with Crippen LogP contribution in [0, 0.1) is 0 Å². The number of rotatable bonds is 5. The van der Waals surface area contributed by atoms with Crippen LogP contribution >= 0.6 is 0 Å². The highest BCUT2D eigenvalue weighted by molar-refractivity contribution is 6.03. The van der Waals surface area contributed by atoms with Crippen molar-refractivity contribution in [1.29, 1.82) is 0 Å². The third-order valence-electron chi connectivity index (χ3n) is 5.01. The van der Waals surface area contributed by atoms with Crippen molar-refractivity contribution in [3.63, 3.8) is 0 Å². The number of pyridine rings is 1. The van der Waals surface area contributed by atoms with Crippen LogP contribution in [0.2, 0.25) is 0 Å². The summed E-state index contributed by atoms with van der Waals surface area (Å²) >= 11 is 0. The average molecular weight is 377 g/mol.